The van der Waals surface area contributed by atoms with Crippen molar-refractivity contribution in [3.05, 3.63) is 102 Å². The normalized spacial score (nSPS) is 14.3. The first kappa shape index (κ1) is 30.2. The number of esters is 1. The van der Waals surface area contributed by atoms with Gasteiger partial charge in [0.2, 0.25) is 0 Å². The minimum Gasteiger partial charge on any atom is -0.491 e. The third-order valence-corrected chi connectivity index (χ3v) is 8.84. The lowest BCUT2D eigenvalue weighted by Crippen LogP contribution is -2.28. The number of amides is 1. The van der Waals surface area contributed by atoms with Gasteiger partial charge in [0, 0.05) is 30.7 Å². The molecule has 47 heavy (non-hydrogen) atoms. The summed E-state index contributed by atoms with van der Waals surface area (Å²) < 4.78 is 15.6. The number of aromatic amines is 1. The first-order chi connectivity index (χ1) is 22.9. The molecule has 6 aromatic rings. The SMILES string of the molecule is CC(c1nc2cc(-n3ccnc3)ccc2[nH]1)c1nc2ccc(C(=O)NCCOc3ccccc3C(=O)OC3CCCCC3)cc2n1C. The summed E-state index contributed by atoms with van der Waals surface area (Å²) in [6.45, 7) is 2.54. The van der Waals surface area contributed by atoms with Crippen molar-refractivity contribution >= 4 is 33.9 Å². The van der Waals surface area contributed by atoms with Crippen LogP contribution in [0.4, 0.5) is 0 Å². The van der Waals surface area contributed by atoms with Gasteiger partial charge in [-0.25, -0.2) is 19.7 Å². The average Bonchev–Trinajstić information content (AvgIpc) is 3.86. The summed E-state index contributed by atoms with van der Waals surface area (Å²) in [4.78, 5) is 43.3. The fraction of sp³-hybridized carbons (Fsp3) is 0.306. The highest BCUT2D eigenvalue weighted by Crippen LogP contribution is 2.28. The fourth-order valence-corrected chi connectivity index (χ4v) is 6.24. The summed E-state index contributed by atoms with van der Waals surface area (Å²) in [5.74, 6) is 1.39. The third kappa shape index (κ3) is 6.33. The van der Waals surface area contributed by atoms with Crippen molar-refractivity contribution in [2.45, 2.75) is 51.0 Å². The van der Waals surface area contributed by atoms with Crippen LogP contribution in [0.2, 0.25) is 0 Å². The summed E-state index contributed by atoms with van der Waals surface area (Å²) in [7, 11) is 1.95. The molecule has 0 aliphatic heterocycles. The molecule has 3 aromatic heterocycles. The standard InChI is InChI=1S/C36H37N7O4/c1-23(33-39-28-15-13-25(21-30(28)40-33)43-18-16-37-22-43)34-41-29-14-12-24(20-31(29)42(34)2)35(44)38-17-19-46-32-11-7-6-10-27(32)36(45)47-26-8-4-3-5-9-26/h6-7,10-16,18,20-23,26H,3-5,8-9,17,19H2,1-2H3,(H,38,44)(H,39,40). The van der Waals surface area contributed by atoms with E-state index in [4.69, 9.17) is 19.4 Å². The Hall–Kier alpha value is -5.45. The molecule has 11 heteroatoms. The second-order valence-electron chi connectivity index (χ2n) is 12.0. The molecular weight excluding hydrogens is 594 g/mol. The Morgan fingerprint density at radius 3 is 2.70 bits per heavy atom. The minimum atomic E-state index is -0.366. The zero-order valence-electron chi connectivity index (χ0n) is 26.5. The van der Waals surface area contributed by atoms with E-state index < -0.39 is 0 Å². The van der Waals surface area contributed by atoms with Gasteiger partial charge in [0.1, 0.15) is 35.7 Å². The number of fused-ring (bicyclic) bond motifs is 2. The highest BCUT2D eigenvalue weighted by atomic mass is 16.5. The number of carbonyl (C=O) groups is 2. The second-order valence-corrected chi connectivity index (χ2v) is 12.0. The molecule has 2 N–H and O–H groups in total. The topological polar surface area (TPSA) is 129 Å². The molecule has 3 heterocycles. The van der Waals surface area contributed by atoms with Gasteiger partial charge in [-0.3, -0.25) is 4.79 Å². The van der Waals surface area contributed by atoms with Gasteiger partial charge in [-0.2, -0.15) is 0 Å². The van der Waals surface area contributed by atoms with Crippen molar-refractivity contribution in [2.24, 2.45) is 7.05 Å². The third-order valence-electron chi connectivity index (χ3n) is 8.84. The van der Waals surface area contributed by atoms with Crippen LogP contribution in [0, 0.1) is 0 Å². The zero-order valence-corrected chi connectivity index (χ0v) is 26.5. The lowest BCUT2D eigenvalue weighted by molar-refractivity contribution is 0.0207. The van der Waals surface area contributed by atoms with Gasteiger partial charge < -0.3 is 28.9 Å². The van der Waals surface area contributed by atoms with E-state index in [1.54, 1.807) is 36.8 Å². The summed E-state index contributed by atoms with van der Waals surface area (Å²) in [6, 6.07) is 18.6. The van der Waals surface area contributed by atoms with E-state index in [1.165, 1.54) is 6.42 Å². The van der Waals surface area contributed by atoms with Crippen molar-refractivity contribution in [2.75, 3.05) is 13.2 Å². The van der Waals surface area contributed by atoms with Gasteiger partial charge >= 0.3 is 5.97 Å². The van der Waals surface area contributed by atoms with Crippen LogP contribution in [0.25, 0.3) is 27.8 Å². The number of aromatic nitrogens is 6. The number of carbonyl (C=O) groups excluding carboxylic acids is 2. The van der Waals surface area contributed by atoms with Crippen LogP contribution >= 0.6 is 0 Å². The Bertz CT molecular complexity index is 2040. The van der Waals surface area contributed by atoms with E-state index in [1.807, 2.05) is 58.8 Å². The highest BCUT2D eigenvalue weighted by Gasteiger charge is 2.22. The Morgan fingerprint density at radius 1 is 1.02 bits per heavy atom. The van der Waals surface area contributed by atoms with Crippen molar-refractivity contribution in [1.82, 2.24) is 34.4 Å². The Balaban J connectivity index is 0.990. The molecule has 0 bridgehead atoms. The van der Waals surface area contributed by atoms with Crippen molar-refractivity contribution in [3.63, 3.8) is 0 Å². The summed E-state index contributed by atoms with van der Waals surface area (Å²) >= 11 is 0. The molecule has 1 atom stereocenters. The van der Waals surface area contributed by atoms with E-state index in [2.05, 4.69) is 22.2 Å². The number of H-pyrrole nitrogens is 1. The first-order valence-electron chi connectivity index (χ1n) is 16.1. The molecule has 1 aliphatic carbocycles. The van der Waals surface area contributed by atoms with Crippen LogP contribution in [0.1, 0.15) is 77.3 Å². The van der Waals surface area contributed by atoms with Gasteiger partial charge in [-0.15, -0.1) is 0 Å². The summed E-state index contributed by atoms with van der Waals surface area (Å²) in [6.07, 6.45) is 10.5. The van der Waals surface area contributed by atoms with Gasteiger partial charge in [-0.05, 0) is 81.1 Å². The molecule has 240 valence electrons. The first-order valence-corrected chi connectivity index (χ1v) is 16.1. The van der Waals surface area contributed by atoms with E-state index >= 15 is 0 Å². The van der Waals surface area contributed by atoms with Crippen LogP contribution in [-0.4, -0.2) is 60.2 Å². The lowest BCUT2D eigenvalue weighted by atomic mass is 9.98. The van der Waals surface area contributed by atoms with Crippen LogP contribution in [0.15, 0.2) is 79.4 Å². The molecule has 1 aliphatic rings. The number of para-hydroxylation sites is 1. The average molecular weight is 632 g/mol. The molecule has 7 rings (SSSR count). The highest BCUT2D eigenvalue weighted by molar-refractivity contribution is 5.97. The van der Waals surface area contributed by atoms with Crippen LogP contribution < -0.4 is 10.1 Å². The number of ether oxygens (including phenoxy) is 2. The maximum absolute atomic E-state index is 13.1. The Labute approximate surface area is 272 Å². The van der Waals surface area contributed by atoms with Gasteiger partial charge in [0.05, 0.1) is 40.9 Å². The van der Waals surface area contributed by atoms with E-state index in [0.717, 1.165) is 65.1 Å². The van der Waals surface area contributed by atoms with Gasteiger partial charge in [0.15, 0.2) is 0 Å². The maximum atomic E-state index is 13.1. The van der Waals surface area contributed by atoms with E-state index in [9.17, 15) is 9.59 Å². The number of nitrogens with one attached hydrogen (secondary N) is 2. The van der Waals surface area contributed by atoms with Crippen molar-refractivity contribution < 1.29 is 19.1 Å². The molecule has 11 nitrogen and oxygen atoms in total. The van der Waals surface area contributed by atoms with Crippen molar-refractivity contribution in [3.8, 4) is 11.4 Å². The molecule has 0 spiro atoms. The van der Waals surface area contributed by atoms with Crippen LogP contribution in [-0.2, 0) is 11.8 Å². The monoisotopic (exact) mass is 631 g/mol. The lowest BCUT2D eigenvalue weighted by Gasteiger charge is -2.22. The number of benzene rings is 3. The number of hydrogen-bond acceptors (Lipinski definition) is 7. The number of hydrogen-bond donors (Lipinski definition) is 2. The number of nitrogens with zero attached hydrogens (tertiary/aromatic N) is 5. The Morgan fingerprint density at radius 2 is 1.87 bits per heavy atom. The summed E-state index contributed by atoms with van der Waals surface area (Å²) in [5.41, 5.74) is 5.36. The van der Waals surface area contributed by atoms with Gasteiger partial charge in [-0.1, -0.05) is 18.6 Å². The molecule has 0 radical (unpaired) electrons. The molecule has 1 fully saturated rings. The van der Waals surface area contributed by atoms with Crippen LogP contribution in [0.5, 0.6) is 5.75 Å². The molecule has 1 unspecified atom stereocenters. The van der Waals surface area contributed by atoms with E-state index in [0.29, 0.717) is 16.9 Å². The smallest absolute Gasteiger partial charge is 0.342 e. The van der Waals surface area contributed by atoms with Crippen LogP contribution in [0.3, 0.4) is 0 Å². The molecule has 1 saturated carbocycles. The Kier molecular flexibility index (Phi) is 8.43. The number of rotatable bonds is 10. The largest absolute Gasteiger partial charge is 0.491 e. The second kappa shape index (κ2) is 13.1. The predicted molar refractivity (Wildman–Crippen MR) is 178 cm³/mol. The fourth-order valence-electron chi connectivity index (χ4n) is 6.24. The predicted octanol–water partition coefficient (Wildman–Crippen LogP) is 6.09. The molecule has 1 amide bonds. The maximum Gasteiger partial charge on any atom is 0.342 e. The van der Waals surface area contributed by atoms with Crippen molar-refractivity contribution in [1.29, 1.82) is 0 Å². The zero-order chi connectivity index (χ0) is 32.3. The minimum absolute atomic E-state index is 0.0350. The molecular formula is C36H37N7O4. The number of imidazole rings is 3. The summed E-state index contributed by atoms with van der Waals surface area (Å²) in [5, 5.41) is 2.92. The molecule has 0 saturated heterocycles. The quantitative estimate of drug-likeness (QED) is 0.138. The van der Waals surface area contributed by atoms with E-state index in [-0.39, 0.29) is 37.0 Å². The number of aryl methyl sites for hydroxylation is 1. The molecule has 3 aromatic carbocycles. The van der Waals surface area contributed by atoms with Gasteiger partial charge in [0.25, 0.3) is 5.91 Å².